The van der Waals surface area contributed by atoms with Gasteiger partial charge in [-0.1, -0.05) is 23.7 Å². The summed E-state index contributed by atoms with van der Waals surface area (Å²) in [6.07, 6.45) is -0.229. The summed E-state index contributed by atoms with van der Waals surface area (Å²) in [5.41, 5.74) is 1.31. The van der Waals surface area contributed by atoms with Crippen molar-refractivity contribution < 1.29 is 5.11 Å². The number of halogens is 1. The van der Waals surface area contributed by atoms with Gasteiger partial charge in [-0.25, -0.2) is 0 Å². The van der Waals surface area contributed by atoms with E-state index in [-0.39, 0.29) is 6.10 Å². The molecule has 1 atom stereocenters. The highest BCUT2D eigenvalue weighted by molar-refractivity contribution is 6.30. The molecule has 0 bridgehead atoms. The Balaban J connectivity index is 1.78. The second-order valence-corrected chi connectivity index (χ2v) is 5.49. The summed E-state index contributed by atoms with van der Waals surface area (Å²) in [6.45, 7) is 7.83. The van der Waals surface area contributed by atoms with E-state index in [4.69, 9.17) is 11.6 Å². The van der Waals surface area contributed by atoms with Crippen LogP contribution in [0.5, 0.6) is 0 Å². The van der Waals surface area contributed by atoms with Crippen molar-refractivity contribution in [3.8, 4) is 0 Å². The van der Waals surface area contributed by atoms with Crippen molar-refractivity contribution in [1.82, 2.24) is 9.80 Å². The zero-order valence-corrected chi connectivity index (χ0v) is 11.6. The molecule has 4 heteroatoms. The minimum atomic E-state index is -0.229. The number of piperazine rings is 1. The molecule has 0 aliphatic carbocycles. The number of hydrogen-bond donors (Lipinski definition) is 1. The van der Waals surface area contributed by atoms with Crippen LogP contribution in [0.3, 0.4) is 0 Å². The number of aliphatic hydroxyl groups excluding tert-OH is 1. The minimum Gasteiger partial charge on any atom is -0.392 e. The summed E-state index contributed by atoms with van der Waals surface area (Å²) in [4.78, 5) is 4.77. The lowest BCUT2D eigenvalue weighted by Crippen LogP contribution is -2.47. The Bertz CT molecular complexity index is 359. The van der Waals surface area contributed by atoms with Gasteiger partial charge in [0.15, 0.2) is 0 Å². The molecule has 0 amide bonds. The van der Waals surface area contributed by atoms with E-state index in [1.807, 2.05) is 19.1 Å². The first kappa shape index (κ1) is 13.8. The van der Waals surface area contributed by atoms with Gasteiger partial charge in [0, 0.05) is 44.3 Å². The van der Waals surface area contributed by atoms with Crippen LogP contribution in [0.4, 0.5) is 0 Å². The van der Waals surface area contributed by atoms with E-state index < -0.39 is 0 Å². The van der Waals surface area contributed by atoms with Crippen LogP contribution in [0.25, 0.3) is 0 Å². The molecule has 0 unspecified atom stereocenters. The Kier molecular flexibility index (Phi) is 5.01. The lowest BCUT2D eigenvalue weighted by molar-refractivity contribution is 0.0781. The highest BCUT2D eigenvalue weighted by atomic mass is 35.5. The number of aliphatic hydroxyl groups is 1. The maximum atomic E-state index is 9.36. The fraction of sp³-hybridized carbons (Fsp3) is 0.571. The van der Waals surface area contributed by atoms with E-state index in [9.17, 15) is 5.11 Å². The molecule has 1 aromatic rings. The van der Waals surface area contributed by atoms with E-state index in [1.54, 1.807) is 0 Å². The van der Waals surface area contributed by atoms with Gasteiger partial charge in [0.2, 0.25) is 0 Å². The van der Waals surface area contributed by atoms with Gasteiger partial charge in [0.25, 0.3) is 0 Å². The molecule has 3 nitrogen and oxygen atoms in total. The molecule has 0 aromatic heterocycles. The standard InChI is InChI=1S/C14H21ClN2O/c1-12(18)10-16-6-8-17(9-7-16)11-13-2-4-14(15)5-3-13/h2-5,12,18H,6-11H2,1H3/t12-/m1/s1. The van der Waals surface area contributed by atoms with Crippen LogP contribution in [0, 0.1) is 0 Å². The molecule has 0 saturated carbocycles. The van der Waals surface area contributed by atoms with Gasteiger partial charge in [-0.3, -0.25) is 9.80 Å². The average Bonchev–Trinajstić information content (AvgIpc) is 2.34. The van der Waals surface area contributed by atoms with Crippen molar-refractivity contribution in [1.29, 1.82) is 0 Å². The largest absolute Gasteiger partial charge is 0.392 e. The van der Waals surface area contributed by atoms with Crippen LogP contribution in [0.1, 0.15) is 12.5 Å². The third kappa shape index (κ3) is 4.25. The summed E-state index contributed by atoms with van der Waals surface area (Å²) < 4.78 is 0. The van der Waals surface area contributed by atoms with E-state index in [1.165, 1.54) is 5.56 Å². The fourth-order valence-corrected chi connectivity index (χ4v) is 2.48. The summed E-state index contributed by atoms with van der Waals surface area (Å²) in [5, 5.41) is 10.2. The topological polar surface area (TPSA) is 26.7 Å². The SMILES string of the molecule is C[C@@H](O)CN1CCN(Cc2ccc(Cl)cc2)CC1. The third-order valence-corrected chi connectivity index (χ3v) is 3.56. The fourth-order valence-electron chi connectivity index (χ4n) is 2.35. The molecule has 1 saturated heterocycles. The maximum Gasteiger partial charge on any atom is 0.0639 e. The normalized spacial score (nSPS) is 19.9. The van der Waals surface area contributed by atoms with Gasteiger partial charge >= 0.3 is 0 Å². The Morgan fingerprint density at radius 2 is 1.67 bits per heavy atom. The second kappa shape index (κ2) is 6.53. The van der Waals surface area contributed by atoms with Crippen molar-refractivity contribution in [2.45, 2.75) is 19.6 Å². The van der Waals surface area contributed by atoms with Crippen molar-refractivity contribution in [3.63, 3.8) is 0 Å². The number of benzene rings is 1. The first-order valence-corrected chi connectivity index (χ1v) is 6.88. The molecule has 2 rings (SSSR count). The van der Waals surface area contributed by atoms with Gasteiger partial charge in [0.05, 0.1) is 6.10 Å². The van der Waals surface area contributed by atoms with Crippen molar-refractivity contribution in [2.24, 2.45) is 0 Å². The van der Waals surface area contributed by atoms with Crippen LogP contribution >= 0.6 is 11.6 Å². The van der Waals surface area contributed by atoms with Crippen LogP contribution in [0.2, 0.25) is 5.02 Å². The Hall–Kier alpha value is -0.610. The predicted molar refractivity (Wildman–Crippen MR) is 74.8 cm³/mol. The second-order valence-electron chi connectivity index (χ2n) is 5.05. The molecular formula is C14H21ClN2O. The van der Waals surface area contributed by atoms with Gasteiger partial charge < -0.3 is 5.11 Å². The minimum absolute atomic E-state index is 0.229. The average molecular weight is 269 g/mol. The van der Waals surface area contributed by atoms with Crippen LogP contribution in [-0.2, 0) is 6.54 Å². The molecule has 1 aliphatic rings. The lowest BCUT2D eigenvalue weighted by Gasteiger charge is -2.35. The predicted octanol–water partition coefficient (Wildman–Crippen LogP) is 1.84. The Morgan fingerprint density at radius 1 is 1.11 bits per heavy atom. The zero-order valence-electron chi connectivity index (χ0n) is 10.8. The third-order valence-electron chi connectivity index (χ3n) is 3.31. The van der Waals surface area contributed by atoms with Crippen LogP contribution in [-0.4, -0.2) is 53.7 Å². The summed E-state index contributed by atoms with van der Waals surface area (Å²) >= 11 is 5.88. The molecule has 1 aromatic carbocycles. The van der Waals surface area contributed by atoms with E-state index in [0.717, 1.165) is 44.3 Å². The molecule has 0 radical (unpaired) electrons. The van der Waals surface area contributed by atoms with Crippen LogP contribution in [0.15, 0.2) is 24.3 Å². The molecule has 1 N–H and O–H groups in total. The monoisotopic (exact) mass is 268 g/mol. The smallest absolute Gasteiger partial charge is 0.0639 e. The number of nitrogens with zero attached hydrogens (tertiary/aromatic N) is 2. The van der Waals surface area contributed by atoms with Gasteiger partial charge in [-0.05, 0) is 24.6 Å². The summed E-state index contributed by atoms with van der Waals surface area (Å²) in [6, 6.07) is 8.07. The molecule has 18 heavy (non-hydrogen) atoms. The number of hydrogen-bond acceptors (Lipinski definition) is 3. The van der Waals surface area contributed by atoms with Crippen molar-refractivity contribution >= 4 is 11.6 Å². The van der Waals surface area contributed by atoms with E-state index in [2.05, 4.69) is 21.9 Å². The van der Waals surface area contributed by atoms with E-state index >= 15 is 0 Å². The highest BCUT2D eigenvalue weighted by Crippen LogP contribution is 2.12. The summed E-state index contributed by atoms with van der Waals surface area (Å²) in [5.74, 6) is 0. The molecular weight excluding hydrogens is 248 g/mol. The highest BCUT2D eigenvalue weighted by Gasteiger charge is 2.17. The van der Waals surface area contributed by atoms with Gasteiger partial charge in [-0.15, -0.1) is 0 Å². The molecule has 1 aliphatic heterocycles. The molecule has 1 fully saturated rings. The van der Waals surface area contributed by atoms with Crippen LogP contribution < -0.4 is 0 Å². The lowest BCUT2D eigenvalue weighted by atomic mass is 10.2. The summed E-state index contributed by atoms with van der Waals surface area (Å²) in [7, 11) is 0. The zero-order chi connectivity index (χ0) is 13.0. The number of β-amino-alcohol motifs (C(OH)–C–C–N with tert-alkyl or cyclic N) is 1. The Labute approximate surface area is 114 Å². The maximum absolute atomic E-state index is 9.36. The number of rotatable bonds is 4. The van der Waals surface area contributed by atoms with Gasteiger partial charge in [-0.2, -0.15) is 0 Å². The Morgan fingerprint density at radius 3 is 2.22 bits per heavy atom. The van der Waals surface area contributed by atoms with Gasteiger partial charge in [0.1, 0.15) is 0 Å². The first-order valence-electron chi connectivity index (χ1n) is 6.51. The van der Waals surface area contributed by atoms with Crippen molar-refractivity contribution in [2.75, 3.05) is 32.7 Å². The van der Waals surface area contributed by atoms with Crippen molar-refractivity contribution in [3.05, 3.63) is 34.9 Å². The van der Waals surface area contributed by atoms with E-state index in [0.29, 0.717) is 0 Å². The first-order chi connectivity index (χ1) is 8.63. The molecule has 1 heterocycles. The molecule has 0 spiro atoms. The molecule has 100 valence electrons. The quantitative estimate of drug-likeness (QED) is 0.903.